The lowest BCUT2D eigenvalue weighted by atomic mass is 9.87. The molecule has 154 valence electrons. The number of esters is 1. The van der Waals surface area contributed by atoms with E-state index in [9.17, 15) is 14.4 Å². The van der Waals surface area contributed by atoms with Gasteiger partial charge in [-0.15, -0.1) is 0 Å². The average Bonchev–Trinajstić information content (AvgIpc) is 2.66. The Morgan fingerprint density at radius 2 is 1.62 bits per heavy atom. The van der Waals surface area contributed by atoms with Crippen molar-refractivity contribution in [3.63, 3.8) is 0 Å². The fraction of sp³-hybridized carbons (Fsp3) is 0.348. The van der Waals surface area contributed by atoms with Crippen LogP contribution in [0.4, 0.5) is 5.69 Å². The maximum absolute atomic E-state index is 12.2. The molecule has 0 atom stereocenters. The number of rotatable bonds is 6. The maximum Gasteiger partial charge on any atom is 0.325 e. The average molecular weight is 396 g/mol. The Morgan fingerprint density at radius 3 is 2.21 bits per heavy atom. The van der Waals surface area contributed by atoms with Crippen molar-refractivity contribution in [2.24, 2.45) is 0 Å². The van der Waals surface area contributed by atoms with E-state index in [0.29, 0.717) is 11.3 Å². The number of hydrogen-bond donors (Lipinski definition) is 2. The van der Waals surface area contributed by atoms with Crippen molar-refractivity contribution in [1.29, 1.82) is 0 Å². The van der Waals surface area contributed by atoms with E-state index < -0.39 is 18.5 Å². The lowest BCUT2D eigenvalue weighted by Crippen LogP contribution is -2.32. The van der Waals surface area contributed by atoms with Crippen molar-refractivity contribution in [2.45, 2.75) is 40.0 Å². The maximum atomic E-state index is 12.2. The first-order chi connectivity index (χ1) is 13.6. The minimum absolute atomic E-state index is 0.00347. The van der Waals surface area contributed by atoms with Gasteiger partial charge in [0, 0.05) is 11.3 Å². The van der Waals surface area contributed by atoms with Gasteiger partial charge in [-0.05, 0) is 48.6 Å². The van der Waals surface area contributed by atoms with Gasteiger partial charge in [0.25, 0.3) is 11.8 Å². The standard InChI is InChI=1S/C23H28N2O4/c1-15-6-11-19(16(2)12-15)25-20(26)14-29-21(27)13-24-22(28)17-7-9-18(10-8-17)23(3,4)5/h6-12H,13-14H2,1-5H3,(H,24,28)(H,25,26). The van der Waals surface area contributed by atoms with E-state index >= 15 is 0 Å². The number of anilines is 1. The molecule has 2 N–H and O–H groups in total. The number of amides is 2. The molecule has 0 aliphatic heterocycles. The number of carbonyl (C=O) groups excluding carboxylic acids is 3. The second-order valence-corrected chi connectivity index (χ2v) is 8.04. The summed E-state index contributed by atoms with van der Waals surface area (Å²) >= 11 is 0. The zero-order chi connectivity index (χ0) is 21.6. The molecule has 2 aromatic carbocycles. The summed E-state index contributed by atoms with van der Waals surface area (Å²) in [4.78, 5) is 35.9. The molecule has 0 aliphatic carbocycles. The molecule has 0 unspecified atom stereocenters. The van der Waals surface area contributed by atoms with Gasteiger partial charge in [0.15, 0.2) is 6.61 Å². The van der Waals surface area contributed by atoms with E-state index in [1.165, 1.54) is 0 Å². The Labute approximate surface area is 171 Å². The smallest absolute Gasteiger partial charge is 0.325 e. The van der Waals surface area contributed by atoms with Gasteiger partial charge in [0.05, 0.1) is 0 Å². The monoisotopic (exact) mass is 396 g/mol. The molecule has 0 aliphatic rings. The highest BCUT2D eigenvalue weighted by Gasteiger charge is 2.15. The third kappa shape index (κ3) is 6.75. The van der Waals surface area contributed by atoms with Crippen LogP contribution in [0, 0.1) is 13.8 Å². The number of nitrogens with one attached hydrogen (secondary N) is 2. The molecule has 0 fully saturated rings. The highest BCUT2D eigenvalue weighted by atomic mass is 16.5. The third-order valence-electron chi connectivity index (χ3n) is 4.43. The lowest BCUT2D eigenvalue weighted by molar-refractivity contribution is -0.146. The van der Waals surface area contributed by atoms with Gasteiger partial charge in [0.1, 0.15) is 6.54 Å². The predicted octanol–water partition coefficient (Wildman–Crippen LogP) is 3.51. The second-order valence-electron chi connectivity index (χ2n) is 8.04. The Hall–Kier alpha value is -3.15. The predicted molar refractivity (Wildman–Crippen MR) is 113 cm³/mol. The lowest BCUT2D eigenvalue weighted by Gasteiger charge is -2.19. The SMILES string of the molecule is Cc1ccc(NC(=O)COC(=O)CNC(=O)c2ccc(C(C)(C)C)cc2)c(C)c1. The van der Waals surface area contributed by atoms with Crippen LogP contribution in [-0.2, 0) is 19.7 Å². The van der Waals surface area contributed by atoms with Gasteiger partial charge < -0.3 is 15.4 Å². The number of benzene rings is 2. The molecule has 6 heteroatoms. The van der Waals surface area contributed by atoms with E-state index in [0.717, 1.165) is 16.7 Å². The molecule has 0 radical (unpaired) electrons. The summed E-state index contributed by atoms with van der Waals surface area (Å²) < 4.78 is 4.92. The molecular weight excluding hydrogens is 368 g/mol. The first kappa shape index (κ1) is 22.1. The summed E-state index contributed by atoms with van der Waals surface area (Å²) in [5.74, 6) is -1.49. The van der Waals surface area contributed by atoms with Crippen molar-refractivity contribution in [1.82, 2.24) is 5.32 Å². The Balaban J connectivity index is 1.77. The van der Waals surface area contributed by atoms with Crippen molar-refractivity contribution >= 4 is 23.5 Å². The van der Waals surface area contributed by atoms with Crippen molar-refractivity contribution in [2.75, 3.05) is 18.5 Å². The fourth-order valence-electron chi connectivity index (χ4n) is 2.71. The molecule has 0 spiro atoms. The molecule has 29 heavy (non-hydrogen) atoms. The number of ether oxygens (including phenoxy) is 1. The van der Waals surface area contributed by atoms with Gasteiger partial charge in [0.2, 0.25) is 0 Å². The van der Waals surface area contributed by atoms with Crippen molar-refractivity contribution in [3.05, 3.63) is 64.7 Å². The Bertz CT molecular complexity index is 896. The van der Waals surface area contributed by atoms with Gasteiger partial charge >= 0.3 is 5.97 Å². The molecule has 0 aromatic heterocycles. The molecule has 0 saturated heterocycles. The first-order valence-corrected chi connectivity index (χ1v) is 9.48. The summed E-state index contributed by atoms with van der Waals surface area (Å²) in [7, 11) is 0. The van der Waals surface area contributed by atoms with Crippen LogP contribution in [0.5, 0.6) is 0 Å². The number of aryl methyl sites for hydroxylation is 2. The third-order valence-corrected chi connectivity index (χ3v) is 4.43. The van der Waals surface area contributed by atoms with E-state index in [-0.39, 0.29) is 17.9 Å². The van der Waals surface area contributed by atoms with Gasteiger partial charge in [-0.1, -0.05) is 50.6 Å². The summed E-state index contributed by atoms with van der Waals surface area (Å²) in [5.41, 5.74) is 4.26. The summed E-state index contributed by atoms with van der Waals surface area (Å²) in [6, 6.07) is 12.9. The first-order valence-electron chi connectivity index (χ1n) is 9.48. The molecular formula is C23H28N2O4. The van der Waals surface area contributed by atoms with Crippen molar-refractivity contribution in [3.8, 4) is 0 Å². The molecule has 2 rings (SSSR count). The zero-order valence-electron chi connectivity index (χ0n) is 17.6. The van der Waals surface area contributed by atoms with Crippen LogP contribution in [0.25, 0.3) is 0 Å². The van der Waals surface area contributed by atoms with Crippen LogP contribution in [0.15, 0.2) is 42.5 Å². The number of hydrogen-bond acceptors (Lipinski definition) is 4. The minimum atomic E-state index is -0.680. The number of carbonyl (C=O) groups is 3. The highest BCUT2D eigenvalue weighted by molar-refractivity contribution is 5.96. The normalized spacial score (nSPS) is 10.9. The Morgan fingerprint density at radius 1 is 0.966 bits per heavy atom. The molecule has 2 aromatic rings. The van der Waals surface area contributed by atoms with E-state index in [1.54, 1.807) is 18.2 Å². The zero-order valence-corrected chi connectivity index (χ0v) is 17.6. The van der Waals surface area contributed by atoms with E-state index in [2.05, 4.69) is 31.4 Å². The molecule has 0 bridgehead atoms. The Kier molecular flexibility index (Phi) is 7.15. The molecule has 2 amide bonds. The van der Waals surface area contributed by atoms with Gasteiger partial charge in [-0.3, -0.25) is 14.4 Å². The van der Waals surface area contributed by atoms with Crippen LogP contribution < -0.4 is 10.6 Å². The quantitative estimate of drug-likeness (QED) is 0.732. The van der Waals surface area contributed by atoms with Crippen molar-refractivity contribution < 1.29 is 19.1 Å². The summed E-state index contributed by atoms with van der Waals surface area (Å²) in [6.45, 7) is 9.40. The van der Waals surface area contributed by atoms with E-state index in [1.807, 2.05) is 38.1 Å². The van der Waals surface area contributed by atoms with Crippen LogP contribution in [-0.4, -0.2) is 30.9 Å². The summed E-state index contributed by atoms with van der Waals surface area (Å²) in [5, 5.41) is 5.20. The second kappa shape index (κ2) is 9.37. The van der Waals surface area contributed by atoms with Crippen LogP contribution in [0.2, 0.25) is 0 Å². The fourth-order valence-corrected chi connectivity index (χ4v) is 2.71. The molecule has 0 saturated carbocycles. The van der Waals surface area contributed by atoms with Crippen LogP contribution >= 0.6 is 0 Å². The minimum Gasteiger partial charge on any atom is -0.454 e. The summed E-state index contributed by atoms with van der Waals surface area (Å²) in [6.07, 6.45) is 0. The molecule has 0 heterocycles. The van der Waals surface area contributed by atoms with Crippen LogP contribution in [0.3, 0.4) is 0 Å². The van der Waals surface area contributed by atoms with Crippen LogP contribution in [0.1, 0.15) is 47.8 Å². The molecule has 6 nitrogen and oxygen atoms in total. The highest BCUT2D eigenvalue weighted by Crippen LogP contribution is 2.22. The van der Waals surface area contributed by atoms with Gasteiger partial charge in [-0.2, -0.15) is 0 Å². The topological polar surface area (TPSA) is 84.5 Å². The van der Waals surface area contributed by atoms with E-state index in [4.69, 9.17) is 4.74 Å². The van der Waals surface area contributed by atoms with Gasteiger partial charge in [-0.25, -0.2) is 0 Å². The largest absolute Gasteiger partial charge is 0.454 e.